The largest absolute Gasteiger partial charge is 0.479 e. The lowest BCUT2D eigenvalue weighted by Crippen LogP contribution is -2.25. The van der Waals surface area contributed by atoms with Crippen LogP contribution < -0.4 is 10.3 Å². The van der Waals surface area contributed by atoms with Crippen molar-refractivity contribution in [3.63, 3.8) is 0 Å². The lowest BCUT2D eigenvalue weighted by molar-refractivity contribution is -0.139. The van der Waals surface area contributed by atoms with Crippen molar-refractivity contribution in [2.45, 2.75) is 12.5 Å². The normalized spacial score (nSPS) is 15.3. The molecule has 1 atom stereocenters. The van der Waals surface area contributed by atoms with Crippen molar-refractivity contribution in [3.05, 3.63) is 70.4 Å². The third kappa shape index (κ3) is 4.92. The Morgan fingerprint density at radius 1 is 1.23 bits per heavy atom. The zero-order chi connectivity index (χ0) is 21.8. The second-order valence-electron chi connectivity index (χ2n) is 7.09. The zero-order valence-electron chi connectivity index (χ0n) is 16.8. The van der Waals surface area contributed by atoms with Crippen LogP contribution >= 0.6 is 0 Å². The summed E-state index contributed by atoms with van der Waals surface area (Å²) in [5.74, 6) is -0.282. The molecule has 0 aliphatic carbocycles. The summed E-state index contributed by atoms with van der Waals surface area (Å²) in [7, 11) is 1.89. The van der Waals surface area contributed by atoms with Crippen LogP contribution in [0.4, 0.5) is 0 Å². The molecule has 3 aromatic rings. The van der Waals surface area contributed by atoms with Crippen LogP contribution in [0.3, 0.4) is 0 Å². The van der Waals surface area contributed by atoms with Gasteiger partial charge in [-0.15, -0.1) is 0 Å². The van der Waals surface area contributed by atoms with Crippen LogP contribution in [-0.2, 0) is 11.3 Å². The third-order valence-corrected chi connectivity index (χ3v) is 4.68. The van der Waals surface area contributed by atoms with E-state index in [2.05, 4.69) is 20.2 Å². The number of carboxylic acids is 1. The standard InChI is InChI=1S/C21H20N6O4/c1-26-12-16(8-24-26)18-5-6-19(28)27(25-18)11-14-3-2-4-15(7-14)21-22-9-17(10-23-21)31-13-20(29)30/h2-10,16H,11-13H2,1H3,(H,29,30). The van der Waals surface area contributed by atoms with Gasteiger partial charge < -0.3 is 9.84 Å². The minimum absolute atomic E-state index is 0.0541. The Labute approximate surface area is 177 Å². The van der Waals surface area contributed by atoms with Crippen LogP contribution in [0.5, 0.6) is 5.75 Å². The SMILES string of the molecule is CN1CC(c2ccc(=O)n(Cc3cccc(-c4ncc(OCC(=O)O)cn4)c3)n2)C=N1. The number of hydrogen-bond acceptors (Lipinski definition) is 8. The second-order valence-corrected chi connectivity index (χ2v) is 7.09. The number of ether oxygens (including phenoxy) is 1. The highest BCUT2D eigenvalue weighted by Crippen LogP contribution is 2.19. The molecule has 10 nitrogen and oxygen atoms in total. The Hall–Kier alpha value is -4.08. The van der Waals surface area contributed by atoms with Crippen LogP contribution in [-0.4, -0.2) is 62.2 Å². The van der Waals surface area contributed by atoms with Gasteiger partial charge in [-0.2, -0.15) is 10.2 Å². The third-order valence-electron chi connectivity index (χ3n) is 4.68. The van der Waals surface area contributed by atoms with E-state index in [0.29, 0.717) is 12.4 Å². The van der Waals surface area contributed by atoms with Gasteiger partial charge in [0, 0.05) is 31.4 Å². The average Bonchev–Trinajstić information content (AvgIpc) is 3.21. The topological polar surface area (TPSA) is 123 Å². The van der Waals surface area contributed by atoms with E-state index in [1.165, 1.54) is 23.1 Å². The molecule has 0 spiro atoms. The molecule has 1 aliphatic heterocycles. The fraction of sp³-hybridized carbons (Fsp3) is 0.238. The quantitative estimate of drug-likeness (QED) is 0.605. The highest BCUT2D eigenvalue weighted by atomic mass is 16.5. The minimum atomic E-state index is -1.07. The van der Waals surface area contributed by atoms with Gasteiger partial charge >= 0.3 is 5.97 Å². The average molecular weight is 420 g/mol. The molecule has 0 bridgehead atoms. The number of carboxylic acid groups (broad SMARTS) is 1. The van der Waals surface area contributed by atoms with Crippen molar-refractivity contribution >= 4 is 12.2 Å². The summed E-state index contributed by atoms with van der Waals surface area (Å²) < 4.78 is 6.49. The Kier molecular flexibility index (Phi) is 5.69. The number of carbonyl (C=O) groups is 1. The number of rotatable bonds is 7. The van der Waals surface area contributed by atoms with Gasteiger partial charge in [0.2, 0.25) is 0 Å². The first kappa shape index (κ1) is 20.2. The van der Waals surface area contributed by atoms with Crippen molar-refractivity contribution in [1.82, 2.24) is 24.8 Å². The molecule has 0 amide bonds. The number of hydrogen-bond donors (Lipinski definition) is 1. The molecular weight excluding hydrogens is 400 g/mol. The van der Waals surface area contributed by atoms with Crippen molar-refractivity contribution in [2.24, 2.45) is 5.10 Å². The van der Waals surface area contributed by atoms with Crippen LogP contribution in [0.2, 0.25) is 0 Å². The molecule has 4 rings (SSSR count). The van der Waals surface area contributed by atoms with E-state index in [1.54, 1.807) is 6.07 Å². The maximum absolute atomic E-state index is 12.3. The summed E-state index contributed by atoms with van der Waals surface area (Å²) in [6.07, 6.45) is 4.68. The van der Waals surface area contributed by atoms with E-state index < -0.39 is 12.6 Å². The molecule has 1 aromatic carbocycles. The Bertz CT molecular complexity index is 1170. The van der Waals surface area contributed by atoms with Crippen molar-refractivity contribution in [1.29, 1.82) is 0 Å². The summed E-state index contributed by atoms with van der Waals surface area (Å²) >= 11 is 0. The molecule has 0 radical (unpaired) electrons. The van der Waals surface area contributed by atoms with Crippen molar-refractivity contribution in [2.75, 3.05) is 20.2 Å². The molecular formula is C21H20N6O4. The summed E-state index contributed by atoms with van der Waals surface area (Å²) in [6.45, 7) is 0.576. The number of likely N-dealkylation sites (N-methyl/N-ethyl adjacent to an activating group) is 1. The second kappa shape index (κ2) is 8.74. The van der Waals surface area contributed by atoms with Crippen LogP contribution in [0, 0.1) is 0 Å². The van der Waals surface area contributed by atoms with Crippen LogP contribution in [0.15, 0.2) is 58.7 Å². The number of aromatic nitrogens is 4. The van der Waals surface area contributed by atoms with Gasteiger partial charge in [-0.05, 0) is 17.7 Å². The summed E-state index contributed by atoms with van der Waals surface area (Å²) in [5.41, 5.74) is 2.24. The van der Waals surface area contributed by atoms with Gasteiger partial charge in [0.25, 0.3) is 5.56 Å². The summed E-state index contributed by atoms with van der Waals surface area (Å²) in [4.78, 5) is 31.4. The fourth-order valence-electron chi connectivity index (χ4n) is 3.19. The molecule has 0 saturated heterocycles. The molecule has 31 heavy (non-hydrogen) atoms. The van der Waals surface area contributed by atoms with Crippen molar-refractivity contribution < 1.29 is 14.6 Å². The highest BCUT2D eigenvalue weighted by Gasteiger charge is 2.19. The number of nitrogens with zero attached hydrogens (tertiary/aromatic N) is 6. The molecule has 10 heteroatoms. The van der Waals surface area contributed by atoms with Crippen LogP contribution in [0.1, 0.15) is 17.2 Å². The number of hydrazone groups is 1. The monoisotopic (exact) mass is 420 g/mol. The van der Waals surface area contributed by atoms with Gasteiger partial charge in [-0.3, -0.25) is 9.80 Å². The fourth-order valence-corrected chi connectivity index (χ4v) is 3.19. The molecule has 1 unspecified atom stereocenters. The van der Waals surface area contributed by atoms with Gasteiger partial charge in [0.15, 0.2) is 18.2 Å². The van der Waals surface area contributed by atoms with Gasteiger partial charge in [-0.25, -0.2) is 19.4 Å². The Morgan fingerprint density at radius 2 is 2.03 bits per heavy atom. The zero-order valence-corrected chi connectivity index (χ0v) is 16.8. The van der Waals surface area contributed by atoms with Gasteiger partial charge in [-0.1, -0.05) is 18.2 Å². The van der Waals surface area contributed by atoms with Crippen LogP contribution in [0.25, 0.3) is 11.4 Å². The van der Waals surface area contributed by atoms with E-state index in [4.69, 9.17) is 9.84 Å². The Morgan fingerprint density at radius 3 is 2.74 bits per heavy atom. The Balaban J connectivity index is 1.52. The molecule has 3 heterocycles. The van der Waals surface area contributed by atoms with E-state index in [1.807, 2.05) is 42.5 Å². The lowest BCUT2D eigenvalue weighted by Gasteiger charge is -2.12. The predicted octanol–water partition coefficient (Wildman–Crippen LogP) is 1.23. The van der Waals surface area contributed by atoms with E-state index in [0.717, 1.165) is 23.4 Å². The minimum Gasteiger partial charge on any atom is -0.479 e. The van der Waals surface area contributed by atoms with Crippen molar-refractivity contribution in [3.8, 4) is 17.1 Å². The molecule has 0 saturated carbocycles. The molecule has 1 aliphatic rings. The molecule has 158 valence electrons. The summed E-state index contributed by atoms with van der Waals surface area (Å²) in [5, 5.41) is 19.3. The highest BCUT2D eigenvalue weighted by molar-refractivity contribution is 5.69. The first-order valence-corrected chi connectivity index (χ1v) is 9.57. The molecule has 2 aromatic heterocycles. The van der Waals surface area contributed by atoms with E-state index in [-0.39, 0.29) is 17.2 Å². The summed E-state index contributed by atoms with van der Waals surface area (Å²) in [6, 6.07) is 10.8. The lowest BCUT2D eigenvalue weighted by atomic mass is 10.1. The van der Waals surface area contributed by atoms with Gasteiger partial charge in [0.1, 0.15) is 0 Å². The first-order chi connectivity index (χ1) is 15.0. The predicted molar refractivity (Wildman–Crippen MR) is 112 cm³/mol. The number of benzene rings is 1. The first-order valence-electron chi connectivity index (χ1n) is 9.57. The molecule has 0 fully saturated rings. The maximum Gasteiger partial charge on any atom is 0.341 e. The van der Waals surface area contributed by atoms with Gasteiger partial charge in [0.05, 0.1) is 30.6 Å². The number of aliphatic carboxylic acids is 1. The smallest absolute Gasteiger partial charge is 0.341 e. The van der Waals surface area contributed by atoms with E-state index in [9.17, 15) is 9.59 Å². The maximum atomic E-state index is 12.3. The van der Waals surface area contributed by atoms with E-state index >= 15 is 0 Å². The molecule has 1 N–H and O–H groups in total.